The first-order valence-corrected chi connectivity index (χ1v) is 15.3. The summed E-state index contributed by atoms with van der Waals surface area (Å²) in [4.78, 5) is 39.1. The van der Waals surface area contributed by atoms with E-state index in [0.29, 0.717) is 5.56 Å². The number of esters is 1. The van der Waals surface area contributed by atoms with Gasteiger partial charge in [0.1, 0.15) is 41.0 Å². The number of fused-ring (bicyclic) bond motifs is 1. The zero-order valence-electron chi connectivity index (χ0n) is 25.1. The molecule has 0 saturated heterocycles. The second-order valence-electron chi connectivity index (χ2n) is 12.6. The molecule has 0 unspecified atom stereocenters. The number of rotatable bonds is 6. The van der Waals surface area contributed by atoms with Crippen molar-refractivity contribution in [3.8, 4) is 6.07 Å². The molecule has 9 nitrogen and oxygen atoms in total. The number of ether oxygens (including phenoxy) is 1. The first-order chi connectivity index (χ1) is 19.7. The molecule has 0 spiro atoms. The Morgan fingerprint density at radius 1 is 1.19 bits per heavy atom. The van der Waals surface area contributed by atoms with Crippen LogP contribution in [-0.4, -0.2) is 59.7 Å². The van der Waals surface area contributed by atoms with E-state index in [2.05, 4.69) is 19.3 Å². The lowest BCUT2D eigenvalue weighted by Gasteiger charge is -2.49. The fourth-order valence-corrected chi connectivity index (χ4v) is 8.80. The van der Waals surface area contributed by atoms with Gasteiger partial charge in [0.25, 0.3) is 5.92 Å². The van der Waals surface area contributed by atoms with Crippen molar-refractivity contribution in [3.05, 3.63) is 58.4 Å². The second kappa shape index (κ2) is 10.8. The summed E-state index contributed by atoms with van der Waals surface area (Å²) in [5.74, 6) is -5.37. The van der Waals surface area contributed by atoms with Crippen LogP contribution in [0.25, 0.3) is 0 Å². The van der Waals surface area contributed by atoms with Crippen molar-refractivity contribution in [2.45, 2.75) is 94.8 Å². The number of nitriles is 1. The Kier molecular flexibility index (Phi) is 8.11. The third-order valence-corrected chi connectivity index (χ3v) is 11.3. The van der Waals surface area contributed by atoms with Crippen LogP contribution in [0.2, 0.25) is 0 Å². The molecule has 230 valence electrons. The number of alkyl halides is 2. The van der Waals surface area contributed by atoms with Crippen LogP contribution < -0.4 is 0 Å². The highest BCUT2D eigenvalue weighted by molar-refractivity contribution is 7.96. The van der Waals surface area contributed by atoms with Crippen molar-refractivity contribution in [1.29, 1.82) is 5.26 Å². The molecule has 0 aliphatic carbocycles. The van der Waals surface area contributed by atoms with Crippen molar-refractivity contribution in [2.75, 3.05) is 6.54 Å². The molecule has 13 heteroatoms. The highest BCUT2D eigenvalue weighted by Gasteiger charge is 2.61. The molecular weight excluding hydrogens is 583 g/mol. The van der Waals surface area contributed by atoms with Gasteiger partial charge in [0.15, 0.2) is 5.78 Å². The first kappa shape index (κ1) is 32.3. The maximum absolute atomic E-state index is 15.6. The van der Waals surface area contributed by atoms with Crippen LogP contribution in [0.1, 0.15) is 87.4 Å². The van der Waals surface area contributed by atoms with Gasteiger partial charge in [-0.1, -0.05) is 0 Å². The third-order valence-electron chi connectivity index (χ3n) is 7.71. The molecule has 2 aliphatic rings. The number of aromatic nitrogens is 2. The van der Waals surface area contributed by atoms with Crippen LogP contribution >= 0.6 is 0 Å². The predicted octanol–water partition coefficient (Wildman–Crippen LogP) is 5.28. The Labute approximate surface area is 249 Å². The maximum Gasteiger partial charge on any atom is 0.312 e. The van der Waals surface area contributed by atoms with Crippen molar-refractivity contribution in [2.24, 2.45) is 9.36 Å². The number of hydrogen-bond acceptors (Lipinski definition) is 9. The summed E-state index contributed by atoms with van der Waals surface area (Å²) >= 11 is 0. The second-order valence-corrected chi connectivity index (χ2v) is 15.6. The van der Waals surface area contributed by atoms with Gasteiger partial charge in [-0.05, 0) is 72.2 Å². The summed E-state index contributed by atoms with van der Waals surface area (Å²) in [5, 5.41) is 7.62. The summed E-state index contributed by atoms with van der Waals surface area (Å²) in [5.41, 5.74) is -2.12. The monoisotopic (exact) mass is 617 g/mol. The Morgan fingerprint density at radius 3 is 2.47 bits per heavy atom. The van der Waals surface area contributed by atoms with E-state index < -0.39 is 73.7 Å². The van der Waals surface area contributed by atoms with Crippen LogP contribution in [0.3, 0.4) is 0 Å². The van der Waals surface area contributed by atoms with E-state index in [-0.39, 0.29) is 34.8 Å². The van der Waals surface area contributed by atoms with E-state index in [1.54, 1.807) is 27.7 Å². The van der Waals surface area contributed by atoms with Crippen molar-refractivity contribution in [3.63, 3.8) is 0 Å². The predicted molar refractivity (Wildman–Crippen MR) is 154 cm³/mol. The van der Waals surface area contributed by atoms with Gasteiger partial charge in [-0.3, -0.25) is 24.5 Å². The quantitative estimate of drug-likeness (QED) is 0.318. The number of carbonyl (C=O) groups is 2. The van der Waals surface area contributed by atoms with Crippen LogP contribution in [0.5, 0.6) is 0 Å². The molecule has 0 radical (unpaired) electrons. The van der Waals surface area contributed by atoms with Gasteiger partial charge in [-0.25, -0.2) is 21.7 Å². The topological polar surface area (TPSA) is 135 Å². The molecule has 4 heterocycles. The Balaban J connectivity index is 1.85. The molecule has 0 aromatic carbocycles. The summed E-state index contributed by atoms with van der Waals surface area (Å²) in [6.07, 6.45) is -0.363. The Morgan fingerprint density at radius 2 is 1.86 bits per heavy atom. The highest BCUT2D eigenvalue weighted by Crippen LogP contribution is 2.50. The minimum Gasteiger partial charge on any atom is -0.460 e. The zero-order valence-corrected chi connectivity index (χ0v) is 25.9. The molecular formula is C30H34F3N5O4S. The van der Waals surface area contributed by atoms with E-state index in [1.807, 2.05) is 6.07 Å². The molecule has 0 amide bonds. The fraction of sp³-hybridized carbons (Fsp3) is 0.533. The lowest BCUT2D eigenvalue weighted by Crippen LogP contribution is -2.61. The Bertz CT molecular complexity index is 1700. The number of Topliss-reactive ketones (excluding diaryl/α,β-unsaturated/α-hetero) is 1. The van der Waals surface area contributed by atoms with Crippen molar-refractivity contribution in [1.82, 2.24) is 9.97 Å². The van der Waals surface area contributed by atoms with Gasteiger partial charge in [0, 0.05) is 24.0 Å². The average molecular weight is 618 g/mol. The van der Waals surface area contributed by atoms with Gasteiger partial charge < -0.3 is 4.74 Å². The van der Waals surface area contributed by atoms with Crippen molar-refractivity contribution < 1.29 is 31.7 Å². The number of ketones is 1. The number of aliphatic imine (C=N–C) groups is 1. The first-order valence-electron chi connectivity index (χ1n) is 13.7. The normalized spacial score (nSPS) is 25.9. The van der Waals surface area contributed by atoms with Crippen LogP contribution in [0.15, 0.2) is 33.8 Å². The number of pyridine rings is 2. The molecule has 4 rings (SSSR count). The van der Waals surface area contributed by atoms with E-state index in [0.717, 1.165) is 6.07 Å². The number of halogens is 3. The van der Waals surface area contributed by atoms with E-state index in [1.165, 1.54) is 39.1 Å². The van der Waals surface area contributed by atoms with Gasteiger partial charge in [0.2, 0.25) is 0 Å². The molecule has 2 aliphatic heterocycles. The van der Waals surface area contributed by atoms with Gasteiger partial charge in [-0.2, -0.15) is 5.26 Å². The molecule has 43 heavy (non-hydrogen) atoms. The summed E-state index contributed by atoms with van der Waals surface area (Å²) in [6, 6.07) is 5.80. The minimum absolute atomic E-state index is 0.0690. The molecule has 0 bridgehead atoms. The average Bonchev–Trinajstić information content (AvgIpc) is 2.88. The molecule has 0 fully saturated rings. The fourth-order valence-electron chi connectivity index (χ4n) is 5.50. The number of carbonyl (C=O) groups excluding carboxylic acids is 2. The SMILES string of the molecule is Cc1cc(C#N)cnc1C(=O)Cc1ccc(F)c([C@@]2(C)N=C(CC(=O)OC(C)(C)C)C(C)(C)[S@@]3(=O)=NCC(F)(F)C[C@H]23)n1. The van der Waals surface area contributed by atoms with Gasteiger partial charge >= 0.3 is 5.97 Å². The molecule has 2 aromatic rings. The molecule has 0 N–H and O–H groups in total. The summed E-state index contributed by atoms with van der Waals surface area (Å²) < 4.78 is 68.0. The largest absolute Gasteiger partial charge is 0.460 e. The van der Waals surface area contributed by atoms with E-state index >= 15 is 4.39 Å². The standard InChI is InChI=1S/C30H34F3N5O4S/c1-17-10-18(14-34)15-35-25(17)21(39)11-19-8-9-20(31)26(37-19)29(7)23-13-30(32,33)16-36-43(23,41)28(5,6)22(38-29)12-24(40)42-27(2,3)4/h8-10,15,23H,11-13,16H2,1-7H3/t23-,29+,43-/m1/s1. The van der Waals surface area contributed by atoms with E-state index in [9.17, 15) is 22.6 Å². The van der Waals surface area contributed by atoms with Crippen LogP contribution in [0.4, 0.5) is 13.2 Å². The maximum atomic E-state index is 15.6. The molecule has 0 saturated carbocycles. The van der Waals surface area contributed by atoms with E-state index in [4.69, 9.17) is 10.00 Å². The number of nitrogens with zero attached hydrogens (tertiary/aromatic N) is 5. The summed E-state index contributed by atoms with van der Waals surface area (Å²) in [7, 11) is -3.59. The van der Waals surface area contributed by atoms with Gasteiger partial charge in [-0.15, -0.1) is 0 Å². The third kappa shape index (κ3) is 6.07. The molecule has 2 aromatic heterocycles. The lowest BCUT2D eigenvalue weighted by molar-refractivity contribution is -0.153. The number of aryl methyl sites for hydroxylation is 1. The van der Waals surface area contributed by atoms with Crippen LogP contribution in [0, 0.1) is 24.1 Å². The number of hydrogen-bond donors (Lipinski definition) is 0. The van der Waals surface area contributed by atoms with Gasteiger partial charge in [0.05, 0.1) is 38.1 Å². The Hall–Kier alpha value is -3.66. The molecule has 3 atom stereocenters. The lowest BCUT2D eigenvalue weighted by atomic mass is 9.86. The highest BCUT2D eigenvalue weighted by atomic mass is 32.2. The van der Waals surface area contributed by atoms with Crippen LogP contribution in [-0.2, 0) is 31.2 Å². The summed E-state index contributed by atoms with van der Waals surface area (Å²) in [6.45, 7) is 10.1. The minimum atomic E-state index is -3.59. The smallest absolute Gasteiger partial charge is 0.312 e. The van der Waals surface area contributed by atoms with Crippen molar-refractivity contribution >= 4 is 27.2 Å². The zero-order chi connectivity index (χ0) is 32.2.